The van der Waals surface area contributed by atoms with Crippen LogP contribution in [0.1, 0.15) is 58.7 Å². The van der Waals surface area contributed by atoms with Gasteiger partial charge in [-0.3, -0.25) is 14.6 Å². The van der Waals surface area contributed by atoms with Crippen LogP contribution in [0.15, 0.2) is 55.0 Å². The minimum atomic E-state index is -0.264. The Morgan fingerprint density at radius 1 is 1.16 bits per heavy atom. The summed E-state index contributed by atoms with van der Waals surface area (Å²) in [6, 6.07) is 11.2. The number of carbonyl (C=O) groups excluding carboxylic acids is 2. The topological polar surface area (TPSA) is 88.1 Å². The number of hydrogen-bond acceptors (Lipinski definition) is 5. The largest absolute Gasteiger partial charge is 0.345 e. The molecule has 162 valence electrons. The number of nitrogens with one attached hydrogen (secondary N) is 1. The van der Waals surface area contributed by atoms with Crippen LogP contribution in [0.3, 0.4) is 0 Å². The first-order valence-electron chi connectivity index (χ1n) is 11.0. The van der Waals surface area contributed by atoms with Crippen molar-refractivity contribution in [1.29, 1.82) is 0 Å². The second-order valence-corrected chi connectivity index (χ2v) is 8.45. The molecule has 0 saturated carbocycles. The van der Waals surface area contributed by atoms with E-state index in [0.29, 0.717) is 12.1 Å². The van der Waals surface area contributed by atoms with Crippen molar-refractivity contribution >= 4 is 11.8 Å². The lowest BCUT2D eigenvalue weighted by atomic mass is 9.89. The van der Waals surface area contributed by atoms with Crippen LogP contribution >= 0.6 is 0 Å². The molecule has 2 aromatic heterocycles. The van der Waals surface area contributed by atoms with Crippen molar-refractivity contribution in [3.8, 4) is 11.1 Å². The Labute approximate surface area is 186 Å². The number of amides is 2. The Hall–Kier alpha value is -3.61. The highest BCUT2D eigenvalue weighted by Crippen LogP contribution is 2.34. The molecule has 4 heterocycles. The molecule has 2 atom stereocenters. The number of piperidine rings is 1. The molecular formula is C25H25N5O2. The number of pyridine rings is 1. The lowest BCUT2D eigenvalue weighted by molar-refractivity contribution is -0.132. The highest BCUT2D eigenvalue weighted by Gasteiger charge is 2.33. The number of carbonyl (C=O) groups is 2. The van der Waals surface area contributed by atoms with Crippen LogP contribution in [-0.2, 0) is 4.79 Å². The van der Waals surface area contributed by atoms with Gasteiger partial charge in [0.25, 0.3) is 5.91 Å². The maximum absolute atomic E-state index is 13.2. The van der Waals surface area contributed by atoms with Crippen molar-refractivity contribution in [3.05, 3.63) is 77.6 Å². The lowest BCUT2D eigenvalue weighted by Gasteiger charge is -2.34. The van der Waals surface area contributed by atoms with Crippen molar-refractivity contribution in [2.24, 2.45) is 0 Å². The number of nitrogens with zero attached hydrogens (tertiary/aromatic N) is 4. The fourth-order valence-electron chi connectivity index (χ4n) is 4.77. The normalized spacial score (nSPS) is 20.0. The molecule has 7 heteroatoms. The van der Waals surface area contributed by atoms with E-state index in [9.17, 15) is 9.59 Å². The Morgan fingerprint density at radius 2 is 1.97 bits per heavy atom. The molecule has 2 amide bonds. The van der Waals surface area contributed by atoms with Gasteiger partial charge in [0, 0.05) is 48.7 Å². The van der Waals surface area contributed by atoms with E-state index in [4.69, 9.17) is 4.98 Å². The SMILES string of the molecule is Cc1ncc(-c2ccncc2)c(C2CCCN(C(=O)CC3NC(=O)c4ccccc43)C2)n1. The third-order valence-electron chi connectivity index (χ3n) is 6.36. The molecule has 1 N–H and O–H groups in total. The average molecular weight is 428 g/mol. The number of hydrogen-bond donors (Lipinski definition) is 1. The summed E-state index contributed by atoms with van der Waals surface area (Å²) in [7, 11) is 0. The molecule has 1 saturated heterocycles. The summed E-state index contributed by atoms with van der Waals surface area (Å²) in [4.78, 5) is 40.7. The quantitative estimate of drug-likeness (QED) is 0.689. The van der Waals surface area contributed by atoms with Crippen molar-refractivity contribution in [2.45, 2.75) is 38.1 Å². The minimum absolute atomic E-state index is 0.0629. The number of benzene rings is 1. The number of aromatic nitrogens is 3. The zero-order chi connectivity index (χ0) is 22.1. The summed E-state index contributed by atoms with van der Waals surface area (Å²) >= 11 is 0. The molecule has 0 aliphatic carbocycles. The fourth-order valence-corrected chi connectivity index (χ4v) is 4.77. The number of rotatable bonds is 4. The van der Waals surface area contributed by atoms with Gasteiger partial charge >= 0.3 is 0 Å². The highest BCUT2D eigenvalue weighted by molar-refractivity contribution is 5.99. The van der Waals surface area contributed by atoms with Gasteiger partial charge in [-0.05, 0) is 49.1 Å². The molecule has 5 rings (SSSR count). The predicted molar refractivity (Wildman–Crippen MR) is 120 cm³/mol. The summed E-state index contributed by atoms with van der Waals surface area (Å²) in [5.41, 5.74) is 4.59. The lowest BCUT2D eigenvalue weighted by Crippen LogP contribution is -2.40. The third-order valence-corrected chi connectivity index (χ3v) is 6.36. The summed E-state index contributed by atoms with van der Waals surface area (Å²) in [5.74, 6) is 0.830. The zero-order valence-electron chi connectivity index (χ0n) is 18.0. The molecule has 0 bridgehead atoms. The number of fused-ring (bicyclic) bond motifs is 1. The van der Waals surface area contributed by atoms with Gasteiger partial charge < -0.3 is 10.2 Å². The van der Waals surface area contributed by atoms with Crippen molar-refractivity contribution in [1.82, 2.24) is 25.2 Å². The van der Waals surface area contributed by atoms with Crippen molar-refractivity contribution in [2.75, 3.05) is 13.1 Å². The Balaban J connectivity index is 1.35. The minimum Gasteiger partial charge on any atom is -0.345 e. The van der Waals surface area contributed by atoms with Gasteiger partial charge in [-0.15, -0.1) is 0 Å². The first-order valence-corrected chi connectivity index (χ1v) is 11.0. The van der Waals surface area contributed by atoms with E-state index in [0.717, 1.165) is 47.6 Å². The van der Waals surface area contributed by atoms with Gasteiger partial charge in [-0.25, -0.2) is 9.97 Å². The maximum atomic E-state index is 13.2. The van der Waals surface area contributed by atoms with E-state index in [2.05, 4.69) is 15.3 Å². The van der Waals surface area contributed by atoms with E-state index in [1.54, 1.807) is 12.4 Å². The van der Waals surface area contributed by atoms with Crippen molar-refractivity contribution < 1.29 is 9.59 Å². The van der Waals surface area contributed by atoms with E-state index >= 15 is 0 Å². The molecule has 0 radical (unpaired) electrons. The van der Waals surface area contributed by atoms with Crippen molar-refractivity contribution in [3.63, 3.8) is 0 Å². The van der Waals surface area contributed by atoms with Gasteiger partial charge in [-0.2, -0.15) is 0 Å². The standard InChI is InChI=1S/C25H25N5O2/c1-16-27-14-21(17-8-10-26-11-9-17)24(28-16)18-5-4-12-30(15-18)23(31)13-22-19-6-2-3-7-20(19)25(32)29-22/h2-3,6-11,14,18,22H,4-5,12-13,15H2,1H3,(H,29,32). The molecular weight excluding hydrogens is 402 g/mol. The van der Waals surface area contributed by atoms with Crippen LogP contribution in [0.4, 0.5) is 0 Å². The number of aryl methyl sites for hydroxylation is 1. The molecule has 1 aromatic carbocycles. The van der Waals surface area contributed by atoms with Gasteiger partial charge in [0.2, 0.25) is 5.91 Å². The predicted octanol–water partition coefficient (Wildman–Crippen LogP) is 3.43. The van der Waals surface area contributed by atoms with Gasteiger partial charge in [0.1, 0.15) is 5.82 Å². The first-order chi connectivity index (χ1) is 15.6. The van der Waals surface area contributed by atoms with Gasteiger partial charge in [0.05, 0.1) is 18.2 Å². The van der Waals surface area contributed by atoms with Crippen LogP contribution in [0.25, 0.3) is 11.1 Å². The van der Waals surface area contributed by atoms with E-state index in [1.165, 1.54) is 0 Å². The fraction of sp³-hybridized carbons (Fsp3) is 0.320. The molecule has 0 spiro atoms. The Bertz CT molecular complexity index is 1160. The summed E-state index contributed by atoms with van der Waals surface area (Å²) in [6.45, 7) is 3.24. The molecule has 1 fully saturated rings. The van der Waals surface area contributed by atoms with Crippen LogP contribution < -0.4 is 5.32 Å². The summed E-state index contributed by atoms with van der Waals surface area (Å²) in [5, 5.41) is 2.96. The van der Waals surface area contributed by atoms with E-state index < -0.39 is 0 Å². The smallest absolute Gasteiger partial charge is 0.252 e. The second kappa shape index (κ2) is 8.49. The van der Waals surface area contributed by atoms with Crippen LogP contribution in [0.5, 0.6) is 0 Å². The van der Waals surface area contributed by atoms with E-state index in [1.807, 2.05) is 54.4 Å². The molecule has 3 aromatic rings. The van der Waals surface area contributed by atoms with Gasteiger partial charge in [0.15, 0.2) is 0 Å². The molecule has 2 aliphatic rings. The van der Waals surface area contributed by atoms with Gasteiger partial charge in [-0.1, -0.05) is 18.2 Å². The maximum Gasteiger partial charge on any atom is 0.252 e. The highest BCUT2D eigenvalue weighted by atomic mass is 16.2. The second-order valence-electron chi connectivity index (χ2n) is 8.45. The molecule has 7 nitrogen and oxygen atoms in total. The zero-order valence-corrected chi connectivity index (χ0v) is 18.0. The molecule has 32 heavy (non-hydrogen) atoms. The first kappa shape index (κ1) is 20.3. The molecule has 2 aliphatic heterocycles. The van der Waals surface area contributed by atoms with Crippen LogP contribution in [0.2, 0.25) is 0 Å². The van der Waals surface area contributed by atoms with E-state index in [-0.39, 0.29) is 30.2 Å². The summed E-state index contributed by atoms with van der Waals surface area (Å²) in [6.07, 6.45) is 7.57. The van der Waals surface area contributed by atoms with Crippen LogP contribution in [-0.4, -0.2) is 44.8 Å². The third kappa shape index (κ3) is 3.86. The van der Waals surface area contributed by atoms with Crippen LogP contribution in [0, 0.1) is 6.92 Å². The number of likely N-dealkylation sites (tertiary alicyclic amines) is 1. The Kier molecular flexibility index (Phi) is 5.39. The summed E-state index contributed by atoms with van der Waals surface area (Å²) < 4.78 is 0. The monoisotopic (exact) mass is 427 g/mol. The molecule has 2 unspecified atom stereocenters. The average Bonchev–Trinajstić information content (AvgIpc) is 3.15. The Morgan fingerprint density at radius 3 is 2.81 bits per heavy atom.